The molecule has 0 saturated carbocycles. The van der Waals surface area contributed by atoms with Crippen molar-refractivity contribution in [1.29, 1.82) is 0 Å². The highest BCUT2D eigenvalue weighted by Crippen LogP contribution is 2.23. The lowest BCUT2D eigenvalue weighted by Crippen LogP contribution is -2.49. The third-order valence-corrected chi connectivity index (χ3v) is 6.11. The minimum absolute atomic E-state index is 0.185. The molecule has 0 radical (unpaired) electrons. The number of fused-ring (bicyclic) bond motifs is 1. The number of ether oxygens (including phenoxy) is 1. The van der Waals surface area contributed by atoms with Crippen molar-refractivity contribution in [1.82, 2.24) is 14.7 Å². The quantitative estimate of drug-likeness (QED) is 0.525. The highest BCUT2D eigenvalue weighted by Gasteiger charge is 2.35. The van der Waals surface area contributed by atoms with Crippen LogP contribution >= 0.6 is 12.2 Å². The molecule has 0 atom stereocenters. The van der Waals surface area contributed by atoms with E-state index in [4.69, 9.17) is 17.0 Å². The Morgan fingerprint density at radius 3 is 2.03 bits per heavy atom. The summed E-state index contributed by atoms with van der Waals surface area (Å²) in [7, 11) is 3.70. The van der Waals surface area contributed by atoms with E-state index in [9.17, 15) is 9.59 Å². The fraction of sp³-hybridized carbons (Fsp3) is 0.348. The van der Waals surface area contributed by atoms with E-state index in [2.05, 4.69) is 9.80 Å². The van der Waals surface area contributed by atoms with Crippen molar-refractivity contribution in [2.75, 3.05) is 58.3 Å². The van der Waals surface area contributed by atoms with Gasteiger partial charge in [0.1, 0.15) is 5.75 Å². The fourth-order valence-corrected chi connectivity index (χ4v) is 3.93. The topological polar surface area (TPSA) is 56.3 Å². The van der Waals surface area contributed by atoms with Gasteiger partial charge in [0, 0.05) is 59.1 Å². The molecule has 4 rings (SSSR count). The number of nitrogens with zero attached hydrogens (tertiary/aromatic N) is 4. The summed E-state index contributed by atoms with van der Waals surface area (Å²) in [4.78, 5) is 32.8. The highest BCUT2D eigenvalue weighted by molar-refractivity contribution is 7.80. The van der Waals surface area contributed by atoms with Crippen LogP contribution in [0, 0.1) is 0 Å². The van der Waals surface area contributed by atoms with Gasteiger partial charge in [-0.25, -0.2) is 0 Å². The Morgan fingerprint density at radius 2 is 1.48 bits per heavy atom. The Bertz CT molecular complexity index is 950. The molecule has 0 spiro atoms. The molecule has 31 heavy (non-hydrogen) atoms. The van der Waals surface area contributed by atoms with Crippen LogP contribution < -0.4 is 9.64 Å². The van der Waals surface area contributed by atoms with Crippen LogP contribution in [0.2, 0.25) is 0 Å². The van der Waals surface area contributed by atoms with Gasteiger partial charge in [-0.15, -0.1) is 0 Å². The largest absolute Gasteiger partial charge is 0.432 e. The van der Waals surface area contributed by atoms with Crippen LogP contribution in [-0.4, -0.2) is 85.1 Å². The third kappa shape index (κ3) is 4.55. The molecule has 2 aromatic carbocycles. The molecule has 2 aliphatic heterocycles. The van der Waals surface area contributed by atoms with Crippen LogP contribution in [0.1, 0.15) is 20.7 Å². The first kappa shape index (κ1) is 21.3. The molecule has 8 heteroatoms. The van der Waals surface area contributed by atoms with Crippen molar-refractivity contribution >= 4 is 34.9 Å². The van der Waals surface area contributed by atoms with Crippen molar-refractivity contribution in [2.24, 2.45) is 0 Å². The van der Waals surface area contributed by atoms with E-state index in [1.54, 1.807) is 29.2 Å². The molecule has 2 aromatic rings. The molecule has 0 aromatic heterocycles. The zero-order valence-electron chi connectivity index (χ0n) is 17.8. The molecule has 0 bridgehead atoms. The number of hydrogen-bond donors (Lipinski definition) is 0. The second kappa shape index (κ2) is 9.03. The zero-order chi connectivity index (χ0) is 22.0. The van der Waals surface area contributed by atoms with Crippen LogP contribution in [0.25, 0.3) is 0 Å². The molecule has 7 nitrogen and oxygen atoms in total. The summed E-state index contributed by atoms with van der Waals surface area (Å²) in [5, 5.41) is 0.430. The molecule has 1 saturated heterocycles. The number of carbonyl (C=O) groups excluding carboxylic acids is 2. The summed E-state index contributed by atoms with van der Waals surface area (Å²) in [6, 6.07) is 15.0. The number of piperazine rings is 1. The molecular formula is C23H26N4O3S. The van der Waals surface area contributed by atoms with E-state index in [0.29, 0.717) is 29.4 Å². The number of thiocarbonyl (C=S) groups is 1. The van der Waals surface area contributed by atoms with E-state index in [0.717, 1.165) is 37.6 Å². The lowest BCUT2D eigenvalue weighted by Gasteiger charge is -2.36. The van der Waals surface area contributed by atoms with E-state index in [-0.39, 0.29) is 11.8 Å². The summed E-state index contributed by atoms with van der Waals surface area (Å²) >= 11 is 5.17. The summed E-state index contributed by atoms with van der Waals surface area (Å²) < 4.78 is 5.63. The molecular weight excluding hydrogens is 412 g/mol. The molecule has 0 N–H and O–H groups in total. The van der Waals surface area contributed by atoms with Gasteiger partial charge in [-0.2, -0.15) is 0 Å². The molecule has 0 aliphatic carbocycles. The van der Waals surface area contributed by atoms with Gasteiger partial charge in [-0.1, -0.05) is 12.1 Å². The average Bonchev–Trinajstić information content (AvgIpc) is 3.03. The molecule has 162 valence electrons. The monoisotopic (exact) mass is 438 g/mol. The second-order valence-corrected chi connectivity index (χ2v) is 8.24. The number of hydrogen-bond acceptors (Lipinski definition) is 6. The van der Waals surface area contributed by atoms with Gasteiger partial charge in [0.05, 0.1) is 11.1 Å². The number of anilines is 1. The van der Waals surface area contributed by atoms with E-state index >= 15 is 0 Å². The normalized spacial score (nSPS) is 16.5. The number of carbonyl (C=O) groups is 2. The minimum atomic E-state index is -0.185. The zero-order valence-corrected chi connectivity index (χ0v) is 18.6. The predicted molar refractivity (Wildman–Crippen MR) is 124 cm³/mol. The van der Waals surface area contributed by atoms with E-state index < -0.39 is 0 Å². The van der Waals surface area contributed by atoms with Crippen molar-refractivity contribution in [3.05, 3.63) is 59.7 Å². The van der Waals surface area contributed by atoms with Crippen LogP contribution in [0.3, 0.4) is 0 Å². The molecule has 0 unspecified atom stereocenters. The van der Waals surface area contributed by atoms with Crippen molar-refractivity contribution < 1.29 is 14.3 Å². The minimum Gasteiger partial charge on any atom is -0.432 e. The lowest BCUT2D eigenvalue weighted by atomic mass is 10.1. The molecule has 2 amide bonds. The maximum atomic E-state index is 12.5. The van der Waals surface area contributed by atoms with E-state index in [1.165, 1.54) is 4.90 Å². The standard InChI is InChI=1S/C23H26N4O3S/c1-24(2)23(31)30-18-9-7-17(8-10-18)26-14-11-25(12-15-26)13-16-27-21(28)19-5-3-4-6-20(19)22(27)29/h3-10H,11-16H2,1-2H3. The number of imide groups is 1. The SMILES string of the molecule is CN(C)C(=S)Oc1ccc(N2CCN(CCN3C(=O)c4ccccc4C3=O)CC2)cc1. The highest BCUT2D eigenvalue weighted by atomic mass is 32.1. The van der Waals surface area contributed by atoms with Crippen molar-refractivity contribution in [2.45, 2.75) is 0 Å². The number of amides is 2. The molecule has 1 fully saturated rings. The predicted octanol–water partition coefficient (Wildman–Crippen LogP) is 2.33. The van der Waals surface area contributed by atoms with Crippen molar-refractivity contribution in [3.8, 4) is 5.75 Å². The Kier molecular flexibility index (Phi) is 6.20. The summed E-state index contributed by atoms with van der Waals surface area (Å²) in [6.07, 6.45) is 0. The summed E-state index contributed by atoms with van der Waals surface area (Å²) in [5.74, 6) is 0.354. The first-order chi connectivity index (χ1) is 14.9. The van der Waals surface area contributed by atoms with Crippen LogP contribution in [0.4, 0.5) is 5.69 Å². The van der Waals surface area contributed by atoms with Gasteiger partial charge < -0.3 is 14.5 Å². The Hall–Kier alpha value is -2.97. The molecule has 2 aliphatic rings. The summed E-state index contributed by atoms with van der Waals surface area (Å²) in [6.45, 7) is 4.65. The number of rotatable bonds is 5. The van der Waals surface area contributed by atoms with Gasteiger partial charge >= 0.3 is 0 Å². The third-order valence-electron chi connectivity index (χ3n) is 5.66. The first-order valence-electron chi connectivity index (χ1n) is 10.4. The fourth-order valence-electron chi connectivity index (χ4n) is 3.83. The molecule has 2 heterocycles. The van der Waals surface area contributed by atoms with Crippen LogP contribution in [-0.2, 0) is 0 Å². The number of benzene rings is 2. The maximum absolute atomic E-state index is 12.5. The average molecular weight is 439 g/mol. The second-order valence-electron chi connectivity index (χ2n) is 7.89. The Balaban J connectivity index is 1.26. The van der Waals surface area contributed by atoms with Gasteiger partial charge in [0.2, 0.25) is 0 Å². The first-order valence-corrected chi connectivity index (χ1v) is 10.8. The van der Waals surface area contributed by atoms with Crippen LogP contribution in [0.15, 0.2) is 48.5 Å². The van der Waals surface area contributed by atoms with Crippen molar-refractivity contribution in [3.63, 3.8) is 0 Å². The smallest absolute Gasteiger partial charge is 0.264 e. The maximum Gasteiger partial charge on any atom is 0.264 e. The van der Waals surface area contributed by atoms with Crippen LogP contribution in [0.5, 0.6) is 5.75 Å². The van der Waals surface area contributed by atoms with Gasteiger partial charge in [0.15, 0.2) is 0 Å². The lowest BCUT2D eigenvalue weighted by molar-refractivity contribution is 0.0635. The summed E-state index contributed by atoms with van der Waals surface area (Å²) in [5.41, 5.74) is 2.16. The Labute approximate surface area is 187 Å². The Morgan fingerprint density at radius 1 is 0.903 bits per heavy atom. The van der Waals surface area contributed by atoms with Gasteiger partial charge in [-0.3, -0.25) is 19.4 Å². The van der Waals surface area contributed by atoms with E-state index in [1.807, 2.05) is 38.4 Å². The van der Waals surface area contributed by atoms with Gasteiger partial charge in [0.25, 0.3) is 17.0 Å². The van der Waals surface area contributed by atoms with Gasteiger partial charge in [-0.05, 0) is 48.6 Å².